The van der Waals surface area contributed by atoms with Gasteiger partial charge in [-0.3, -0.25) is 9.00 Å². The molecule has 178 valence electrons. The van der Waals surface area contributed by atoms with E-state index in [1.807, 2.05) is 6.07 Å². The minimum atomic E-state index is -4.39. The van der Waals surface area contributed by atoms with Gasteiger partial charge in [-0.05, 0) is 61.2 Å². The van der Waals surface area contributed by atoms with Crippen LogP contribution >= 0.6 is 0 Å². The van der Waals surface area contributed by atoms with Crippen LogP contribution in [0, 0.1) is 11.8 Å². The number of rotatable bonds is 6. The Morgan fingerprint density at radius 3 is 2.53 bits per heavy atom. The summed E-state index contributed by atoms with van der Waals surface area (Å²) in [6.45, 7) is -0.898. The molecule has 0 saturated carbocycles. The molecule has 0 aliphatic carbocycles. The fourth-order valence-electron chi connectivity index (χ4n) is 3.98. The molecule has 4 rings (SSSR count). The second kappa shape index (κ2) is 10.3. The normalized spacial score (nSPS) is 18.2. The van der Waals surface area contributed by atoms with Crippen LogP contribution in [0.15, 0.2) is 48.5 Å². The van der Waals surface area contributed by atoms with Crippen LogP contribution in [0.5, 0.6) is 0 Å². The predicted octanol–water partition coefficient (Wildman–Crippen LogP) is 4.80. The van der Waals surface area contributed by atoms with Gasteiger partial charge in [0.15, 0.2) is 0 Å². The maximum Gasteiger partial charge on any atom is 0.406 e. The number of aldehydes is 1. The summed E-state index contributed by atoms with van der Waals surface area (Å²) in [7, 11) is -0.786. The standard InChI is InChI=1S/C25H24F3N3O2S/c26-25(27,28)17-31-21(3-2-12-29-19-8-6-18(16-32)7-9-19)15-22-23(4-1-5-24(22)31)30-20-10-13-34(33)14-11-20/h1,4-9,15-16,20,29-30H,10-14,17H2. The molecule has 34 heavy (non-hydrogen) atoms. The zero-order valence-electron chi connectivity index (χ0n) is 18.3. The van der Waals surface area contributed by atoms with Gasteiger partial charge in [-0.2, -0.15) is 13.2 Å². The van der Waals surface area contributed by atoms with Crippen LogP contribution in [0.2, 0.25) is 0 Å². The number of carbonyl (C=O) groups is 1. The molecule has 2 heterocycles. The van der Waals surface area contributed by atoms with Crippen molar-refractivity contribution in [3.8, 4) is 11.8 Å². The first kappa shape index (κ1) is 23.9. The highest BCUT2D eigenvalue weighted by Gasteiger charge is 2.30. The van der Waals surface area contributed by atoms with E-state index in [0.29, 0.717) is 28.0 Å². The lowest BCUT2D eigenvalue weighted by atomic mass is 10.1. The fraction of sp³-hybridized carbons (Fsp3) is 0.320. The number of hydrogen-bond acceptors (Lipinski definition) is 4. The quantitative estimate of drug-likeness (QED) is 0.387. The molecule has 9 heteroatoms. The maximum absolute atomic E-state index is 13.4. The molecule has 0 bridgehead atoms. The van der Waals surface area contributed by atoms with Gasteiger partial charge < -0.3 is 15.2 Å². The molecule has 5 nitrogen and oxygen atoms in total. The number of halogens is 3. The predicted molar refractivity (Wildman–Crippen MR) is 130 cm³/mol. The molecule has 0 atom stereocenters. The number of anilines is 2. The largest absolute Gasteiger partial charge is 0.406 e. The summed E-state index contributed by atoms with van der Waals surface area (Å²) >= 11 is 0. The summed E-state index contributed by atoms with van der Waals surface area (Å²) in [6.07, 6.45) is -2.12. The second-order valence-electron chi connectivity index (χ2n) is 8.13. The summed E-state index contributed by atoms with van der Waals surface area (Å²) in [6, 6.07) is 13.9. The number of nitrogens with one attached hydrogen (secondary N) is 2. The Morgan fingerprint density at radius 1 is 1.12 bits per heavy atom. The Kier molecular flexibility index (Phi) is 7.27. The number of carbonyl (C=O) groups excluding carboxylic acids is 1. The Hall–Kier alpha value is -3.25. The Balaban J connectivity index is 1.58. The van der Waals surface area contributed by atoms with Gasteiger partial charge in [0, 0.05) is 50.7 Å². The van der Waals surface area contributed by atoms with Crippen LogP contribution in [-0.4, -0.2) is 45.3 Å². The Labute approximate surface area is 198 Å². The van der Waals surface area contributed by atoms with E-state index < -0.39 is 23.5 Å². The molecule has 0 radical (unpaired) electrons. The molecular weight excluding hydrogens is 463 g/mol. The van der Waals surface area contributed by atoms with Crippen molar-refractivity contribution < 1.29 is 22.2 Å². The molecule has 0 unspecified atom stereocenters. The third-order valence-electron chi connectivity index (χ3n) is 5.67. The van der Waals surface area contributed by atoms with Gasteiger partial charge in [0.05, 0.1) is 17.8 Å². The van der Waals surface area contributed by atoms with Crippen molar-refractivity contribution in [1.29, 1.82) is 0 Å². The molecule has 2 N–H and O–H groups in total. The number of hydrogen-bond donors (Lipinski definition) is 2. The summed E-state index contributed by atoms with van der Waals surface area (Å²) in [5, 5.41) is 7.19. The van der Waals surface area contributed by atoms with Crippen LogP contribution in [0.25, 0.3) is 10.9 Å². The molecular formula is C25H24F3N3O2S. The Morgan fingerprint density at radius 2 is 1.85 bits per heavy atom. The highest BCUT2D eigenvalue weighted by atomic mass is 32.2. The fourth-order valence-corrected chi connectivity index (χ4v) is 5.28. The third-order valence-corrected chi connectivity index (χ3v) is 7.06. The van der Waals surface area contributed by atoms with E-state index in [1.54, 1.807) is 42.5 Å². The summed E-state index contributed by atoms with van der Waals surface area (Å²) in [4.78, 5) is 10.7. The smallest absolute Gasteiger partial charge is 0.382 e. The molecule has 1 aromatic heterocycles. The van der Waals surface area contributed by atoms with Gasteiger partial charge in [0.1, 0.15) is 12.8 Å². The molecule has 1 aliphatic rings. The molecule has 0 amide bonds. The van der Waals surface area contributed by atoms with Crippen LogP contribution in [-0.2, 0) is 17.3 Å². The highest BCUT2D eigenvalue weighted by Crippen LogP contribution is 2.31. The topological polar surface area (TPSA) is 63.1 Å². The average molecular weight is 488 g/mol. The molecule has 2 aromatic carbocycles. The SMILES string of the molecule is O=Cc1ccc(NCC#Cc2cc3c(NC4CCS(=O)CC4)cccc3n2CC(F)(F)F)cc1. The highest BCUT2D eigenvalue weighted by molar-refractivity contribution is 7.85. The number of aromatic nitrogens is 1. The van der Waals surface area contributed by atoms with E-state index in [2.05, 4.69) is 22.5 Å². The van der Waals surface area contributed by atoms with Crippen LogP contribution in [0.4, 0.5) is 24.5 Å². The van der Waals surface area contributed by atoms with Gasteiger partial charge in [0.25, 0.3) is 0 Å². The van der Waals surface area contributed by atoms with Crippen LogP contribution < -0.4 is 10.6 Å². The maximum atomic E-state index is 13.4. The molecule has 1 aliphatic heterocycles. The summed E-state index contributed by atoms with van der Waals surface area (Å²) in [5.41, 5.74) is 2.82. The number of nitrogens with zero attached hydrogens (tertiary/aromatic N) is 1. The van der Waals surface area contributed by atoms with Gasteiger partial charge >= 0.3 is 6.18 Å². The molecule has 0 spiro atoms. The lowest BCUT2D eigenvalue weighted by Crippen LogP contribution is -2.29. The van der Waals surface area contributed by atoms with Crippen molar-refractivity contribution in [2.75, 3.05) is 28.7 Å². The molecule has 1 saturated heterocycles. The van der Waals surface area contributed by atoms with Crippen LogP contribution in [0.1, 0.15) is 28.9 Å². The molecule has 3 aromatic rings. The zero-order chi connectivity index (χ0) is 24.1. The van der Waals surface area contributed by atoms with Gasteiger partial charge in [-0.25, -0.2) is 0 Å². The van der Waals surface area contributed by atoms with E-state index in [1.165, 1.54) is 4.57 Å². The zero-order valence-corrected chi connectivity index (χ0v) is 19.1. The van der Waals surface area contributed by atoms with Crippen LogP contribution in [0.3, 0.4) is 0 Å². The van der Waals surface area contributed by atoms with E-state index in [9.17, 15) is 22.2 Å². The summed E-state index contributed by atoms with van der Waals surface area (Å²) < 4.78 is 52.9. The summed E-state index contributed by atoms with van der Waals surface area (Å²) in [5.74, 6) is 7.04. The lowest BCUT2D eigenvalue weighted by molar-refractivity contribution is -0.140. The lowest BCUT2D eigenvalue weighted by Gasteiger charge is -2.24. The minimum Gasteiger partial charge on any atom is -0.382 e. The van der Waals surface area contributed by atoms with Gasteiger partial charge in [-0.1, -0.05) is 12.0 Å². The third kappa shape index (κ3) is 6.00. The average Bonchev–Trinajstić information content (AvgIpc) is 3.15. The van der Waals surface area contributed by atoms with Crippen molar-refractivity contribution in [2.24, 2.45) is 0 Å². The van der Waals surface area contributed by atoms with E-state index in [-0.39, 0.29) is 18.3 Å². The van der Waals surface area contributed by atoms with Crippen molar-refractivity contribution in [2.45, 2.75) is 31.6 Å². The molecule has 1 fully saturated rings. The van der Waals surface area contributed by atoms with Crippen molar-refractivity contribution >= 4 is 39.4 Å². The number of benzene rings is 2. The van der Waals surface area contributed by atoms with E-state index in [4.69, 9.17) is 0 Å². The van der Waals surface area contributed by atoms with Crippen molar-refractivity contribution in [3.63, 3.8) is 0 Å². The minimum absolute atomic E-state index is 0.138. The number of alkyl halides is 3. The van der Waals surface area contributed by atoms with Crippen molar-refractivity contribution in [3.05, 3.63) is 59.8 Å². The Bertz CT molecular complexity index is 1250. The first-order chi connectivity index (χ1) is 16.3. The second-order valence-corrected chi connectivity index (χ2v) is 9.83. The van der Waals surface area contributed by atoms with Gasteiger partial charge in [-0.15, -0.1) is 0 Å². The van der Waals surface area contributed by atoms with E-state index >= 15 is 0 Å². The number of fused-ring (bicyclic) bond motifs is 1. The first-order valence-electron chi connectivity index (χ1n) is 10.9. The first-order valence-corrected chi connectivity index (χ1v) is 12.4. The van der Waals surface area contributed by atoms with Crippen molar-refractivity contribution in [1.82, 2.24) is 4.57 Å². The van der Waals surface area contributed by atoms with E-state index in [0.717, 1.165) is 30.5 Å². The van der Waals surface area contributed by atoms with Gasteiger partial charge in [0.2, 0.25) is 0 Å². The monoisotopic (exact) mass is 487 g/mol.